The van der Waals surface area contributed by atoms with Crippen LogP contribution < -0.4 is 54.4 Å². The Balaban J connectivity index is 1.57. The molecule has 446 valence electrons. The van der Waals surface area contributed by atoms with Crippen LogP contribution in [0.1, 0.15) is 111 Å². The number of rotatable bonds is 31. The lowest BCUT2D eigenvalue weighted by molar-refractivity contribution is -0.144. The number of nitrogens with zero attached hydrogens (tertiary/aromatic N) is 2. The average molecular weight is 1140 g/mol. The Morgan fingerprint density at radius 1 is 0.642 bits per heavy atom. The first-order chi connectivity index (χ1) is 38.2. The number of aromatic nitrogens is 1. The number of hydrogen-bond donors (Lipinski definition) is 13. The summed E-state index contributed by atoms with van der Waals surface area (Å²) >= 11 is 0. The second kappa shape index (κ2) is 30.4. The van der Waals surface area contributed by atoms with Crippen molar-refractivity contribution in [1.82, 2.24) is 52.0 Å². The van der Waals surface area contributed by atoms with Crippen LogP contribution in [0.25, 0.3) is 10.9 Å². The SMILES string of the molecule is CC[C@H](C)[C@H](NC(=O)[C@@H]1CCCN1C(=O)CN)C(=O)N[C@H](C(=O)N[C@@H](CC(C)C)C(=O)N[C@@H](CC(N)=O)C(=O)N1CCC[C@H]1C(=O)N[C@@H](Cc1c[nH]c2ccccc12)C(=O)N[C@@H](CC(=O)O)C(=O)N[C@@H](CCC(N)=O)C(=O)O)C(C)C. The van der Waals surface area contributed by atoms with E-state index >= 15 is 0 Å². The number of likely N-dealkylation sites (tertiary alicyclic amines) is 2. The van der Waals surface area contributed by atoms with E-state index in [1.807, 2.05) is 6.92 Å². The fraction of sp³-hybridized carbons (Fsp3) is 0.604. The molecule has 2 aliphatic heterocycles. The van der Waals surface area contributed by atoms with Crippen LogP contribution in [-0.2, 0) is 68.7 Å². The molecule has 1 aromatic carbocycles. The Kier molecular flexibility index (Phi) is 24.5. The molecule has 2 aliphatic rings. The van der Waals surface area contributed by atoms with Crippen molar-refractivity contribution in [3.8, 4) is 0 Å². The Labute approximate surface area is 468 Å². The van der Waals surface area contributed by atoms with Gasteiger partial charge in [-0.25, -0.2) is 4.79 Å². The van der Waals surface area contributed by atoms with Gasteiger partial charge in [-0.3, -0.25) is 57.5 Å². The van der Waals surface area contributed by atoms with E-state index in [9.17, 15) is 72.5 Å². The van der Waals surface area contributed by atoms with Gasteiger partial charge in [0.05, 0.1) is 19.4 Å². The molecule has 28 nitrogen and oxygen atoms in total. The summed E-state index contributed by atoms with van der Waals surface area (Å²) in [7, 11) is 0. The Bertz CT molecular complexity index is 2660. The lowest BCUT2D eigenvalue weighted by Gasteiger charge is -2.32. The number of primary amides is 2. The predicted octanol–water partition coefficient (Wildman–Crippen LogP) is -2.51. The standard InChI is InChI=1S/C53H79N13O15/c1-7-28(6)44(64-49(76)37-14-10-18-65(37)41(69)24-54)51(78)63-43(27(4)5)50(77)61-33(20-26(2)3)45(72)62-36(22-40(56)68)52(79)66-19-11-15-38(66)48(75)60-34(21-29-25-57-31-13-9-8-12-30(29)31)46(73)59-35(23-42(70)71)47(74)58-32(53(80)81)16-17-39(55)67/h8-9,12-13,25-28,32-38,43-44,57H,7,10-11,14-24,54H2,1-6H3,(H2,55,67)(H2,56,68)(H,58,74)(H,59,73)(H,60,75)(H,61,77)(H,62,72)(H,63,78)(H,64,76)(H,70,71)(H,80,81)/t28-,32-,33-,34-,35-,36-,37-,38-,43-,44-/m0/s1. The van der Waals surface area contributed by atoms with Crippen molar-refractivity contribution in [3.63, 3.8) is 0 Å². The van der Waals surface area contributed by atoms with E-state index in [1.165, 1.54) is 4.90 Å². The maximum absolute atomic E-state index is 14.5. The number of carbonyl (C=O) groups is 13. The van der Waals surface area contributed by atoms with Gasteiger partial charge in [-0.05, 0) is 67.9 Å². The number of nitrogens with one attached hydrogen (secondary N) is 8. The summed E-state index contributed by atoms with van der Waals surface area (Å²) in [6.07, 6.45) is 0.219. The van der Waals surface area contributed by atoms with E-state index in [1.54, 1.807) is 65.1 Å². The van der Waals surface area contributed by atoms with E-state index in [-0.39, 0.29) is 44.7 Å². The average Bonchev–Trinajstić information content (AvgIpc) is 4.28. The van der Waals surface area contributed by atoms with E-state index in [0.717, 1.165) is 4.90 Å². The van der Waals surface area contributed by atoms with E-state index in [0.29, 0.717) is 42.3 Å². The summed E-state index contributed by atoms with van der Waals surface area (Å²) in [4.78, 5) is 178. The molecule has 10 atom stereocenters. The molecule has 0 bridgehead atoms. The first-order valence-corrected chi connectivity index (χ1v) is 27.2. The largest absolute Gasteiger partial charge is 0.481 e. The zero-order valence-electron chi connectivity index (χ0n) is 46.5. The van der Waals surface area contributed by atoms with Crippen molar-refractivity contribution in [2.75, 3.05) is 19.6 Å². The van der Waals surface area contributed by atoms with Crippen LogP contribution in [-0.4, -0.2) is 176 Å². The molecule has 81 heavy (non-hydrogen) atoms. The molecular weight excluding hydrogens is 1060 g/mol. The maximum Gasteiger partial charge on any atom is 0.326 e. The maximum atomic E-state index is 14.5. The number of carboxylic acid groups (broad SMARTS) is 2. The van der Waals surface area contributed by atoms with Crippen LogP contribution in [0.3, 0.4) is 0 Å². The quantitative estimate of drug-likeness (QED) is 0.0371. The monoisotopic (exact) mass is 1140 g/mol. The highest BCUT2D eigenvalue weighted by molar-refractivity contribution is 6.00. The van der Waals surface area contributed by atoms with E-state index in [4.69, 9.17) is 17.2 Å². The zero-order valence-corrected chi connectivity index (χ0v) is 46.5. The minimum atomic E-state index is -1.90. The van der Waals surface area contributed by atoms with Crippen LogP contribution in [0.15, 0.2) is 30.5 Å². The van der Waals surface area contributed by atoms with Gasteiger partial charge in [-0.15, -0.1) is 0 Å². The van der Waals surface area contributed by atoms with Gasteiger partial charge in [0.25, 0.3) is 0 Å². The van der Waals surface area contributed by atoms with Crippen molar-refractivity contribution >= 4 is 87.8 Å². The molecule has 0 saturated carbocycles. The van der Waals surface area contributed by atoms with Gasteiger partial charge in [0.1, 0.15) is 54.4 Å². The van der Waals surface area contributed by atoms with Gasteiger partial charge in [0.2, 0.25) is 65.0 Å². The Morgan fingerprint density at radius 3 is 1.78 bits per heavy atom. The molecule has 2 saturated heterocycles. The minimum Gasteiger partial charge on any atom is -0.481 e. The van der Waals surface area contributed by atoms with Gasteiger partial charge in [0, 0.05) is 43.0 Å². The number of nitrogens with two attached hydrogens (primary N) is 3. The van der Waals surface area contributed by atoms with Crippen LogP contribution in [0.5, 0.6) is 0 Å². The molecule has 4 rings (SSSR count). The predicted molar refractivity (Wildman–Crippen MR) is 290 cm³/mol. The number of aromatic amines is 1. The van der Waals surface area contributed by atoms with E-state index in [2.05, 4.69) is 42.2 Å². The highest BCUT2D eigenvalue weighted by atomic mass is 16.4. The molecule has 2 fully saturated rings. The van der Waals surface area contributed by atoms with Gasteiger partial charge in [0.15, 0.2) is 0 Å². The Morgan fingerprint density at radius 2 is 1.20 bits per heavy atom. The molecule has 28 heteroatoms. The number of carboxylic acids is 2. The lowest BCUT2D eigenvalue weighted by Crippen LogP contribution is -2.62. The fourth-order valence-electron chi connectivity index (χ4n) is 9.80. The molecule has 1 aromatic heterocycles. The number of para-hydroxylation sites is 1. The number of carbonyl (C=O) groups excluding carboxylic acids is 11. The van der Waals surface area contributed by atoms with Gasteiger partial charge in [-0.1, -0.05) is 66.2 Å². The normalized spacial score (nSPS) is 18.0. The fourth-order valence-corrected chi connectivity index (χ4v) is 9.80. The second-order valence-corrected chi connectivity index (χ2v) is 21.4. The number of amides is 11. The molecule has 11 amide bonds. The summed E-state index contributed by atoms with van der Waals surface area (Å²) in [5.74, 6) is -13.8. The highest BCUT2D eigenvalue weighted by Crippen LogP contribution is 2.24. The van der Waals surface area contributed by atoms with Crippen LogP contribution >= 0.6 is 0 Å². The molecule has 0 unspecified atom stereocenters. The molecular formula is C53H79N13O15. The van der Waals surface area contributed by atoms with Crippen molar-refractivity contribution in [2.24, 2.45) is 35.0 Å². The van der Waals surface area contributed by atoms with Crippen LogP contribution in [0.2, 0.25) is 0 Å². The van der Waals surface area contributed by atoms with Gasteiger partial charge < -0.3 is 79.4 Å². The summed E-state index contributed by atoms with van der Waals surface area (Å²) in [5.41, 5.74) is 17.5. The molecule has 0 radical (unpaired) electrons. The Hall–Kier alpha value is -8.17. The van der Waals surface area contributed by atoms with Crippen molar-refractivity contribution < 1.29 is 72.5 Å². The number of hydrogen-bond acceptors (Lipinski definition) is 14. The molecule has 3 heterocycles. The van der Waals surface area contributed by atoms with Crippen LogP contribution in [0, 0.1) is 17.8 Å². The third kappa shape index (κ3) is 18.7. The minimum absolute atomic E-state index is 0.00216. The summed E-state index contributed by atoms with van der Waals surface area (Å²) < 4.78 is 0. The second-order valence-electron chi connectivity index (χ2n) is 21.4. The number of benzene rings is 1. The van der Waals surface area contributed by atoms with Gasteiger partial charge >= 0.3 is 11.9 Å². The topological polar surface area (TPSA) is 447 Å². The van der Waals surface area contributed by atoms with Crippen molar-refractivity contribution in [2.45, 2.75) is 167 Å². The summed E-state index contributed by atoms with van der Waals surface area (Å²) in [6, 6.07) is -5.86. The van der Waals surface area contributed by atoms with E-state index < -0.39 is 169 Å². The summed E-state index contributed by atoms with van der Waals surface area (Å²) in [6.45, 7) is 10.3. The number of H-pyrrole nitrogens is 1. The van der Waals surface area contributed by atoms with Crippen molar-refractivity contribution in [3.05, 3.63) is 36.0 Å². The number of aliphatic carboxylic acids is 2. The first kappa shape index (κ1) is 65.3. The third-order valence-corrected chi connectivity index (χ3v) is 14.3. The molecule has 16 N–H and O–H groups in total. The molecule has 0 spiro atoms. The molecule has 2 aromatic rings. The lowest BCUT2D eigenvalue weighted by atomic mass is 9.95. The highest BCUT2D eigenvalue weighted by Gasteiger charge is 2.42. The smallest absolute Gasteiger partial charge is 0.326 e. The third-order valence-electron chi connectivity index (χ3n) is 14.3. The van der Waals surface area contributed by atoms with Gasteiger partial charge in [-0.2, -0.15) is 0 Å². The zero-order chi connectivity index (χ0) is 60.4. The molecule has 0 aliphatic carbocycles. The number of fused-ring (bicyclic) bond motifs is 1. The first-order valence-electron chi connectivity index (χ1n) is 27.2. The van der Waals surface area contributed by atoms with Crippen LogP contribution in [0.4, 0.5) is 0 Å². The van der Waals surface area contributed by atoms with Crippen molar-refractivity contribution in [1.29, 1.82) is 0 Å². The summed E-state index contributed by atoms with van der Waals surface area (Å²) in [5, 5.41) is 37.8.